The van der Waals surface area contributed by atoms with Crippen molar-refractivity contribution in [2.24, 2.45) is 0 Å². The van der Waals surface area contributed by atoms with Gasteiger partial charge < -0.3 is 29.4 Å². The highest BCUT2D eigenvalue weighted by atomic mass is 32.1. The predicted octanol–water partition coefficient (Wildman–Crippen LogP) is 3.50. The van der Waals surface area contributed by atoms with E-state index in [0.717, 1.165) is 74.3 Å². The second-order valence-corrected chi connectivity index (χ2v) is 10.0. The molecule has 0 aliphatic carbocycles. The van der Waals surface area contributed by atoms with Crippen LogP contribution in [-0.4, -0.2) is 80.1 Å². The van der Waals surface area contributed by atoms with Crippen LogP contribution in [0.15, 0.2) is 47.3 Å². The maximum atomic E-state index is 12.9. The van der Waals surface area contributed by atoms with Crippen LogP contribution in [0, 0.1) is 6.92 Å². The van der Waals surface area contributed by atoms with E-state index in [1.54, 1.807) is 14.2 Å². The van der Waals surface area contributed by atoms with Crippen molar-refractivity contribution in [3.8, 4) is 11.5 Å². The normalized spacial score (nSPS) is 13.9. The smallest absolute Gasteiger partial charge is 0.253 e. The standard InChI is InChI=1S/C29H38N4O4S/c1-21-5-7-25-23(17-21)19-24(28(34)31-25)20-33(12-4-11-32-13-15-37-16-14-32)29(38)30-10-9-22-6-8-26(35-2)27(18-22)36-3/h5-8,17-19H,4,9-16,20H2,1-3H3,(H,30,38)(H,31,34). The van der Waals surface area contributed by atoms with E-state index in [1.165, 1.54) is 0 Å². The second-order valence-electron chi connectivity index (χ2n) is 9.61. The summed E-state index contributed by atoms with van der Waals surface area (Å²) in [7, 11) is 3.27. The van der Waals surface area contributed by atoms with Crippen molar-refractivity contribution in [1.82, 2.24) is 20.1 Å². The van der Waals surface area contributed by atoms with Crippen LogP contribution in [-0.2, 0) is 17.7 Å². The quantitative estimate of drug-likeness (QED) is 0.359. The number of hydrogen-bond acceptors (Lipinski definition) is 6. The zero-order valence-electron chi connectivity index (χ0n) is 22.5. The van der Waals surface area contributed by atoms with E-state index in [2.05, 4.69) is 33.1 Å². The molecule has 0 amide bonds. The Kier molecular flexibility index (Phi) is 9.98. The Labute approximate surface area is 229 Å². The Morgan fingerprint density at radius 3 is 2.66 bits per heavy atom. The third kappa shape index (κ3) is 7.46. The van der Waals surface area contributed by atoms with E-state index in [1.807, 2.05) is 36.4 Å². The Morgan fingerprint density at radius 2 is 1.89 bits per heavy atom. The van der Waals surface area contributed by atoms with Crippen molar-refractivity contribution >= 4 is 28.2 Å². The molecule has 0 bridgehead atoms. The maximum absolute atomic E-state index is 12.9. The van der Waals surface area contributed by atoms with Crippen LogP contribution >= 0.6 is 12.2 Å². The minimum absolute atomic E-state index is 0.0762. The number of morpholine rings is 1. The number of benzene rings is 2. The molecule has 2 heterocycles. The number of aryl methyl sites for hydroxylation is 1. The van der Waals surface area contributed by atoms with E-state index in [4.69, 9.17) is 26.4 Å². The van der Waals surface area contributed by atoms with Crippen molar-refractivity contribution in [1.29, 1.82) is 0 Å². The SMILES string of the molecule is COc1ccc(CCNC(=S)N(CCCN2CCOCC2)Cc2cc3cc(C)ccc3[nH]c2=O)cc1OC. The van der Waals surface area contributed by atoms with Crippen LogP contribution in [0.5, 0.6) is 11.5 Å². The summed E-state index contributed by atoms with van der Waals surface area (Å²) in [5.74, 6) is 1.42. The number of nitrogens with zero attached hydrogens (tertiary/aromatic N) is 2. The number of aromatic amines is 1. The van der Waals surface area contributed by atoms with Crippen LogP contribution < -0.4 is 20.3 Å². The first-order valence-electron chi connectivity index (χ1n) is 13.1. The molecular formula is C29H38N4O4S. The van der Waals surface area contributed by atoms with Gasteiger partial charge in [-0.15, -0.1) is 0 Å². The number of pyridine rings is 1. The number of hydrogen-bond donors (Lipinski definition) is 2. The summed E-state index contributed by atoms with van der Waals surface area (Å²) >= 11 is 5.83. The molecule has 1 saturated heterocycles. The Bertz CT molecular complexity index is 1290. The Morgan fingerprint density at radius 1 is 1.11 bits per heavy atom. The lowest BCUT2D eigenvalue weighted by molar-refractivity contribution is 0.0367. The highest BCUT2D eigenvalue weighted by molar-refractivity contribution is 7.80. The molecule has 38 heavy (non-hydrogen) atoms. The summed E-state index contributed by atoms with van der Waals surface area (Å²) in [6, 6.07) is 14.0. The average Bonchev–Trinajstić information content (AvgIpc) is 2.93. The summed E-state index contributed by atoms with van der Waals surface area (Å²) in [6.45, 7) is 8.38. The number of methoxy groups -OCH3 is 2. The molecule has 0 radical (unpaired) electrons. The van der Waals surface area contributed by atoms with Gasteiger partial charge in [0.15, 0.2) is 16.6 Å². The van der Waals surface area contributed by atoms with Crippen LogP contribution in [0.3, 0.4) is 0 Å². The third-order valence-corrected chi connectivity index (χ3v) is 7.27. The summed E-state index contributed by atoms with van der Waals surface area (Å²) in [6.07, 6.45) is 1.72. The van der Waals surface area contributed by atoms with Gasteiger partial charge >= 0.3 is 0 Å². The van der Waals surface area contributed by atoms with Gasteiger partial charge in [-0.1, -0.05) is 17.7 Å². The maximum Gasteiger partial charge on any atom is 0.253 e. The molecule has 8 nitrogen and oxygen atoms in total. The first-order valence-corrected chi connectivity index (χ1v) is 13.5. The van der Waals surface area contributed by atoms with Crippen molar-refractivity contribution in [2.75, 3.05) is 60.2 Å². The van der Waals surface area contributed by atoms with E-state index < -0.39 is 0 Å². The van der Waals surface area contributed by atoms with Crippen LogP contribution in [0.4, 0.5) is 0 Å². The van der Waals surface area contributed by atoms with E-state index in [9.17, 15) is 4.79 Å². The average molecular weight is 539 g/mol. The molecule has 9 heteroatoms. The minimum Gasteiger partial charge on any atom is -0.493 e. The van der Waals surface area contributed by atoms with Gasteiger partial charge in [0, 0.05) is 43.8 Å². The summed E-state index contributed by atoms with van der Waals surface area (Å²) in [5.41, 5.74) is 3.76. The highest BCUT2D eigenvalue weighted by Gasteiger charge is 2.16. The first kappa shape index (κ1) is 27.9. The van der Waals surface area contributed by atoms with Crippen molar-refractivity contribution in [2.45, 2.75) is 26.3 Å². The molecule has 0 spiro atoms. The lowest BCUT2D eigenvalue weighted by Crippen LogP contribution is -2.43. The zero-order chi connectivity index (χ0) is 26.9. The number of aromatic nitrogens is 1. The summed E-state index contributed by atoms with van der Waals surface area (Å²) in [4.78, 5) is 20.5. The molecule has 2 N–H and O–H groups in total. The second kappa shape index (κ2) is 13.6. The predicted molar refractivity (Wildman–Crippen MR) is 155 cm³/mol. The fourth-order valence-corrected chi connectivity index (χ4v) is 4.98. The third-order valence-electron chi connectivity index (χ3n) is 6.87. The van der Waals surface area contributed by atoms with Gasteiger partial charge in [-0.3, -0.25) is 9.69 Å². The highest BCUT2D eigenvalue weighted by Crippen LogP contribution is 2.27. The number of fused-ring (bicyclic) bond motifs is 1. The molecule has 0 atom stereocenters. The molecule has 2 aromatic carbocycles. The molecule has 204 valence electrons. The van der Waals surface area contributed by atoms with Gasteiger partial charge in [0.1, 0.15) is 0 Å². The number of H-pyrrole nitrogens is 1. The van der Waals surface area contributed by atoms with Gasteiger partial charge in [-0.05, 0) is 73.3 Å². The number of rotatable bonds is 11. The van der Waals surface area contributed by atoms with E-state index in [-0.39, 0.29) is 5.56 Å². The monoisotopic (exact) mass is 538 g/mol. The topological polar surface area (TPSA) is 79.1 Å². The number of nitrogens with one attached hydrogen (secondary N) is 2. The Hall–Kier alpha value is -3.14. The molecule has 1 fully saturated rings. The lowest BCUT2D eigenvalue weighted by atomic mass is 10.1. The van der Waals surface area contributed by atoms with Crippen molar-refractivity contribution in [3.05, 3.63) is 69.5 Å². The largest absolute Gasteiger partial charge is 0.493 e. The molecule has 0 unspecified atom stereocenters. The zero-order valence-corrected chi connectivity index (χ0v) is 23.4. The fourth-order valence-electron chi connectivity index (χ4n) is 4.72. The molecular weight excluding hydrogens is 500 g/mol. The number of ether oxygens (including phenoxy) is 3. The van der Waals surface area contributed by atoms with Gasteiger partial charge in [0.25, 0.3) is 5.56 Å². The van der Waals surface area contributed by atoms with Gasteiger partial charge in [0.2, 0.25) is 0 Å². The van der Waals surface area contributed by atoms with Crippen LogP contribution in [0.1, 0.15) is 23.1 Å². The molecule has 4 rings (SSSR count). The van der Waals surface area contributed by atoms with Crippen LogP contribution in [0.2, 0.25) is 0 Å². The first-order chi connectivity index (χ1) is 18.5. The van der Waals surface area contributed by atoms with Crippen molar-refractivity contribution < 1.29 is 14.2 Å². The van der Waals surface area contributed by atoms with E-state index in [0.29, 0.717) is 35.3 Å². The van der Waals surface area contributed by atoms with Gasteiger partial charge in [0.05, 0.1) is 34.0 Å². The van der Waals surface area contributed by atoms with Gasteiger partial charge in [-0.2, -0.15) is 0 Å². The summed E-state index contributed by atoms with van der Waals surface area (Å²) in [5, 5.41) is 5.09. The van der Waals surface area contributed by atoms with Gasteiger partial charge in [-0.25, -0.2) is 0 Å². The molecule has 3 aromatic rings. The Balaban J connectivity index is 1.43. The van der Waals surface area contributed by atoms with E-state index >= 15 is 0 Å². The number of thiocarbonyl (C=S) groups is 1. The fraction of sp³-hybridized carbons (Fsp3) is 0.448. The van der Waals surface area contributed by atoms with Crippen LogP contribution in [0.25, 0.3) is 10.9 Å². The van der Waals surface area contributed by atoms with Crippen molar-refractivity contribution in [3.63, 3.8) is 0 Å². The molecule has 1 aromatic heterocycles. The lowest BCUT2D eigenvalue weighted by Gasteiger charge is -2.29. The summed E-state index contributed by atoms with van der Waals surface area (Å²) < 4.78 is 16.2. The molecule has 1 aliphatic heterocycles. The molecule has 1 aliphatic rings. The minimum atomic E-state index is -0.0762. The molecule has 0 saturated carbocycles.